The molecule has 3 rings (SSSR count). The van der Waals surface area contributed by atoms with Crippen molar-refractivity contribution < 1.29 is 4.79 Å². The van der Waals surface area contributed by atoms with Gasteiger partial charge in [-0.25, -0.2) is 4.79 Å². The molecule has 0 spiro atoms. The van der Waals surface area contributed by atoms with E-state index in [0.29, 0.717) is 5.02 Å². The topological polar surface area (TPSA) is 32.3 Å². The maximum absolute atomic E-state index is 12.5. The van der Waals surface area contributed by atoms with Crippen molar-refractivity contribution in [3.8, 4) is 0 Å². The Labute approximate surface area is 129 Å². The Hall–Kier alpha value is -2.00. The molecule has 0 aromatic heterocycles. The molecule has 2 amide bonds. The fourth-order valence-corrected chi connectivity index (χ4v) is 2.75. The van der Waals surface area contributed by atoms with Crippen LogP contribution >= 0.6 is 11.6 Å². The third-order valence-electron chi connectivity index (χ3n) is 3.70. The van der Waals surface area contributed by atoms with Crippen molar-refractivity contribution in [2.75, 3.05) is 16.8 Å². The molecule has 1 N–H and O–H groups in total. The number of hydrogen-bond donors (Lipinski definition) is 1. The molecule has 0 saturated carbocycles. The minimum Gasteiger partial charge on any atom is -0.308 e. The van der Waals surface area contributed by atoms with Crippen molar-refractivity contribution in [1.82, 2.24) is 0 Å². The van der Waals surface area contributed by atoms with E-state index in [9.17, 15) is 4.79 Å². The van der Waals surface area contributed by atoms with Crippen LogP contribution in [-0.2, 0) is 6.42 Å². The van der Waals surface area contributed by atoms with Crippen LogP contribution < -0.4 is 10.2 Å². The zero-order valence-electron chi connectivity index (χ0n) is 11.7. The molecule has 0 radical (unpaired) electrons. The van der Waals surface area contributed by atoms with Crippen molar-refractivity contribution in [2.45, 2.75) is 19.3 Å². The van der Waals surface area contributed by atoms with Crippen LogP contribution in [-0.4, -0.2) is 12.6 Å². The molecule has 0 fully saturated rings. The van der Waals surface area contributed by atoms with E-state index < -0.39 is 0 Å². The normalized spacial score (nSPS) is 14.2. The highest BCUT2D eigenvalue weighted by Crippen LogP contribution is 2.26. The van der Waals surface area contributed by atoms with Crippen LogP contribution in [0.4, 0.5) is 16.2 Å². The van der Waals surface area contributed by atoms with Crippen LogP contribution in [0.1, 0.15) is 18.4 Å². The monoisotopic (exact) mass is 300 g/mol. The molecule has 4 heteroatoms. The van der Waals surface area contributed by atoms with E-state index in [4.69, 9.17) is 11.6 Å². The zero-order chi connectivity index (χ0) is 14.7. The number of anilines is 2. The summed E-state index contributed by atoms with van der Waals surface area (Å²) in [6, 6.07) is 15.2. The van der Waals surface area contributed by atoms with E-state index in [2.05, 4.69) is 11.4 Å². The molecule has 1 aliphatic heterocycles. The summed E-state index contributed by atoms with van der Waals surface area (Å²) in [4.78, 5) is 14.4. The fourth-order valence-electron chi connectivity index (χ4n) is 2.63. The van der Waals surface area contributed by atoms with E-state index in [1.807, 2.05) is 35.2 Å². The molecular formula is C17H17ClN2O. The number of nitrogens with zero attached hydrogens (tertiary/aromatic N) is 1. The van der Waals surface area contributed by atoms with E-state index in [-0.39, 0.29) is 6.03 Å². The summed E-state index contributed by atoms with van der Waals surface area (Å²) in [6.07, 6.45) is 3.16. The Balaban J connectivity index is 1.82. The summed E-state index contributed by atoms with van der Waals surface area (Å²) >= 11 is 5.86. The van der Waals surface area contributed by atoms with E-state index >= 15 is 0 Å². The van der Waals surface area contributed by atoms with E-state index in [1.54, 1.807) is 12.1 Å². The summed E-state index contributed by atoms with van der Waals surface area (Å²) < 4.78 is 0. The Kier molecular flexibility index (Phi) is 4.11. The number of amides is 2. The minimum absolute atomic E-state index is 0.0910. The number of hydrogen-bond acceptors (Lipinski definition) is 1. The molecule has 3 nitrogen and oxygen atoms in total. The van der Waals surface area contributed by atoms with Gasteiger partial charge >= 0.3 is 6.03 Å². The lowest BCUT2D eigenvalue weighted by atomic mass is 10.1. The zero-order valence-corrected chi connectivity index (χ0v) is 12.4. The lowest BCUT2D eigenvalue weighted by Crippen LogP contribution is -2.35. The number of carbonyl (C=O) groups excluding carboxylic acids is 1. The molecule has 0 aliphatic carbocycles. The van der Waals surface area contributed by atoms with Gasteiger partial charge in [-0.3, -0.25) is 4.90 Å². The van der Waals surface area contributed by atoms with Gasteiger partial charge in [0.2, 0.25) is 0 Å². The Morgan fingerprint density at radius 2 is 1.81 bits per heavy atom. The quantitative estimate of drug-likeness (QED) is 0.812. The second-order valence-corrected chi connectivity index (χ2v) is 5.61. The highest BCUT2D eigenvalue weighted by Gasteiger charge is 2.20. The number of rotatable bonds is 1. The van der Waals surface area contributed by atoms with Crippen LogP contribution in [0.25, 0.3) is 0 Å². The van der Waals surface area contributed by atoms with Gasteiger partial charge < -0.3 is 5.32 Å². The first-order chi connectivity index (χ1) is 10.2. The third kappa shape index (κ3) is 3.19. The fraction of sp³-hybridized carbons (Fsp3) is 0.235. The second-order valence-electron chi connectivity index (χ2n) is 5.17. The van der Waals surface area contributed by atoms with E-state index in [1.165, 1.54) is 5.56 Å². The van der Waals surface area contributed by atoms with Gasteiger partial charge in [-0.05, 0) is 55.2 Å². The molecule has 0 saturated heterocycles. The maximum atomic E-state index is 12.5. The Bertz CT molecular complexity index is 639. The lowest BCUT2D eigenvalue weighted by Gasteiger charge is -2.23. The van der Waals surface area contributed by atoms with Crippen LogP contribution in [0.3, 0.4) is 0 Å². The van der Waals surface area contributed by atoms with Gasteiger partial charge in [0.1, 0.15) is 0 Å². The summed E-state index contributed by atoms with van der Waals surface area (Å²) in [7, 11) is 0. The van der Waals surface area contributed by atoms with Gasteiger partial charge in [0.25, 0.3) is 0 Å². The second kappa shape index (κ2) is 6.19. The highest BCUT2D eigenvalue weighted by molar-refractivity contribution is 6.30. The molecule has 0 atom stereocenters. The minimum atomic E-state index is -0.0910. The molecule has 1 aliphatic rings. The molecule has 0 unspecified atom stereocenters. The molecule has 0 bridgehead atoms. The third-order valence-corrected chi connectivity index (χ3v) is 3.95. The first-order valence-electron chi connectivity index (χ1n) is 7.16. The van der Waals surface area contributed by atoms with E-state index in [0.717, 1.165) is 37.2 Å². The predicted molar refractivity (Wildman–Crippen MR) is 87.2 cm³/mol. The van der Waals surface area contributed by atoms with Crippen LogP contribution in [0, 0.1) is 0 Å². The molecule has 21 heavy (non-hydrogen) atoms. The summed E-state index contributed by atoms with van der Waals surface area (Å²) in [5, 5.41) is 3.60. The van der Waals surface area contributed by atoms with Gasteiger partial charge in [-0.2, -0.15) is 0 Å². The average Bonchev–Trinajstić information content (AvgIpc) is 2.72. The van der Waals surface area contributed by atoms with Crippen molar-refractivity contribution in [3.05, 3.63) is 59.1 Å². The summed E-state index contributed by atoms with van der Waals surface area (Å²) in [6.45, 7) is 0.746. The van der Waals surface area contributed by atoms with Crippen molar-refractivity contribution in [3.63, 3.8) is 0 Å². The summed E-state index contributed by atoms with van der Waals surface area (Å²) in [5.74, 6) is 0. The average molecular weight is 301 g/mol. The van der Waals surface area contributed by atoms with Crippen LogP contribution in [0.15, 0.2) is 48.5 Å². The number of para-hydroxylation sites is 1. The molecular weight excluding hydrogens is 284 g/mol. The summed E-state index contributed by atoms with van der Waals surface area (Å²) in [5.41, 5.74) is 3.01. The molecule has 1 heterocycles. The van der Waals surface area contributed by atoms with Gasteiger partial charge in [0.05, 0.1) is 0 Å². The highest BCUT2D eigenvalue weighted by atomic mass is 35.5. The molecule has 2 aromatic rings. The van der Waals surface area contributed by atoms with Crippen molar-refractivity contribution in [2.24, 2.45) is 0 Å². The standard InChI is InChI=1S/C17H17ClN2O/c18-14-8-10-15(11-9-14)19-17(21)20-12-4-3-6-13-5-1-2-7-16(13)20/h1-2,5,7-11H,3-4,6,12H2,(H,19,21). The maximum Gasteiger partial charge on any atom is 0.326 e. The Morgan fingerprint density at radius 3 is 2.62 bits per heavy atom. The Morgan fingerprint density at radius 1 is 1.05 bits per heavy atom. The van der Waals surface area contributed by atoms with Gasteiger partial charge in [-0.15, -0.1) is 0 Å². The van der Waals surface area contributed by atoms with Crippen molar-refractivity contribution in [1.29, 1.82) is 0 Å². The van der Waals surface area contributed by atoms with Crippen LogP contribution in [0.2, 0.25) is 5.02 Å². The number of benzene rings is 2. The number of carbonyl (C=O) groups is 1. The van der Waals surface area contributed by atoms with Crippen LogP contribution in [0.5, 0.6) is 0 Å². The van der Waals surface area contributed by atoms with Gasteiger partial charge in [0, 0.05) is 22.9 Å². The number of urea groups is 1. The predicted octanol–water partition coefficient (Wildman–Crippen LogP) is 4.71. The van der Waals surface area contributed by atoms with Gasteiger partial charge in [0.15, 0.2) is 0 Å². The van der Waals surface area contributed by atoms with Gasteiger partial charge in [-0.1, -0.05) is 29.8 Å². The number of nitrogens with one attached hydrogen (secondary N) is 1. The SMILES string of the molecule is O=C(Nc1ccc(Cl)cc1)N1CCCCc2ccccc21. The number of halogens is 1. The first kappa shape index (κ1) is 14.0. The first-order valence-corrected chi connectivity index (χ1v) is 7.54. The lowest BCUT2D eigenvalue weighted by molar-refractivity contribution is 0.257. The smallest absolute Gasteiger partial charge is 0.308 e. The number of aryl methyl sites for hydroxylation is 1. The molecule has 108 valence electrons. The largest absolute Gasteiger partial charge is 0.326 e. The molecule has 2 aromatic carbocycles. The van der Waals surface area contributed by atoms with Crippen molar-refractivity contribution >= 4 is 29.0 Å². The number of fused-ring (bicyclic) bond motifs is 1.